The van der Waals surface area contributed by atoms with Crippen molar-refractivity contribution in [2.45, 2.75) is 39.7 Å². The highest BCUT2D eigenvalue weighted by Crippen LogP contribution is 2.47. The van der Waals surface area contributed by atoms with Crippen LogP contribution < -0.4 is 25.0 Å². The van der Waals surface area contributed by atoms with E-state index < -0.39 is 0 Å². The third kappa shape index (κ3) is 4.24. The van der Waals surface area contributed by atoms with Crippen molar-refractivity contribution in [3.05, 3.63) is 35.7 Å². The first kappa shape index (κ1) is 18.4. The maximum absolute atomic E-state index is 9.70. The van der Waals surface area contributed by atoms with E-state index in [-0.39, 0.29) is 6.79 Å². The van der Waals surface area contributed by atoms with Crippen molar-refractivity contribution in [1.29, 1.82) is 0 Å². The Kier molecular flexibility index (Phi) is 6.27. The molecule has 140 valence electrons. The van der Waals surface area contributed by atoms with Gasteiger partial charge in [0.25, 0.3) is 0 Å². The van der Waals surface area contributed by atoms with Gasteiger partial charge in [-0.2, -0.15) is 5.48 Å². The third-order valence-corrected chi connectivity index (χ3v) is 4.25. The van der Waals surface area contributed by atoms with E-state index in [2.05, 4.69) is 17.2 Å². The molecule has 7 nitrogen and oxygen atoms in total. The molecule has 2 heterocycles. The van der Waals surface area contributed by atoms with E-state index in [1.165, 1.54) is 12.8 Å². The van der Waals surface area contributed by atoms with Crippen molar-refractivity contribution in [2.24, 2.45) is 0 Å². The Balaban J connectivity index is 1.83. The average molecular weight is 360 g/mol. The quantitative estimate of drug-likeness (QED) is 0.362. The van der Waals surface area contributed by atoms with Gasteiger partial charge < -0.3 is 19.5 Å². The van der Waals surface area contributed by atoms with Crippen LogP contribution in [0.3, 0.4) is 0 Å². The Morgan fingerprint density at radius 1 is 1.27 bits per heavy atom. The number of hydrogen-bond donors (Lipinski definition) is 3. The lowest BCUT2D eigenvalue weighted by Gasteiger charge is -2.13. The minimum Gasteiger partial charge on any atom is -0.452 e. The minimum atomic E-state index is 0.103. The van der Waals surface area contributed by atoms with Gasteiger partial charge in [-0.05, 0) is 38.1 Å². The highest BCUT2D eigenvalue weighted by molar-refractivity contribution is 5.67. The van der Waals surface area contributed by atoms with Gasteiger partial charge in [0.05, 0.1) is 6.20 Å². The van der Waals surface area contributed by atoms with Crippen LogP contribution in [0.2, 0.25) is 0 Å². The zero-order valence-corrected chi connectivity index (χ0v) is 15.2. The Bertz CT molecular complexity index is 735. The molecule has 1 aliphatic heterocycles. The zero-order valence-electron chi connectivity index (χ0n) is 15.2. The van der Waals surface area contributed by atoms with E-state index in [4.69, 9.17) is 14.2 Å². The number of nitrogens with two attached hydrogens (primary N) is 1. The summed E-state index contributed by atoms with van der Waals surface area (Å²) in [5.74, 6) is 2.19. The Labute approximate surface area is 153 Å². The second kappa shape index (κ2) is 8.84. The number of hydrogen-bond acceptors (Lipinski definition) is 6. The molecule has 0 unspecified atom stereocenters. The zero-order chi connectivity index (χ0) is 18.4. The van der Waals surface area contributed by atoms with E-state index in [9.17, 15) is 5.21 Å². The molecule has 0 saturated carbocycles. The Morgan fingerprint density at radius 2 is 2.12 bits per heavy atom. The molecule has 0 atom stereocenters. The monoisotopic (exact) mass is 360 g/mol. The molecule has 0 radical (unpaired) electrons. The summed E-state index contributed by atoms with van der Waals surface area (Å²) < 4.78 is 17.1. The van der Waals surface area contributed by atoms with Crippen molar-refractivity contribution in [3.63, 3.8) is 0 Å². The summed E-state index contributed by atoms with van der Waals surface area (Å²) >= 11 is 0. The first-order valence-corrected chi connectivity index (χ1v) is 8.97. The van der Waals surface area contributed by atoms with Crippen LogP contribution in [-0.2, 0) is 6.54 Å². The van der Waals surface area contributed by atoms with Crippen LogP contribution in [0.25, 0.3) is 0 Å². The van der Waals surface area contributed by atoms with Gasteiger partial charge in [-0.15, -0.1) is 0 Å². The molecule has 7 heteroatoms. The Morgan fingerprint density at radius 3 is 2.85 bits per heavy atom. The van der Waals surface area contributed by atoms with Crippen molar-refractivity contribution in [3.8, 4) is 23.0 Å². The lowest BCUT2D eigenvalue weighted by atomic mass is 10.1. The van der Waals surface area contributed by atoms with Crippen LogP contribution in [0.4, 0.5) is 5.69 Å². The SMILES string of the molecule is CCCCCNCc1cc(Oc2ccc(C)nc2)c2c(c1[NH2+]O)OCO2. The van der Waals surface area contributed by atoms with E-state index in [1.807, 2.05) is 25.1 Å². The number of rotatable bonds is 9. The van der Waals surface area contributed by atoms with Crippen LogP contribution in [0.5, 0.6) is 23.0 Å². The van der Waals surface area contributed by atoms with Gasteiger partial charge in [-0.25, -0.2) is 5.21 Å². The molecule has 0 amide bonds. The van der Waals surface area contributed by atoms with Gasteiger partial charge in [0.15, 0.2) is 5.75 Å². The van der Waals surface area contributed by atoms with E-state index in [1.54, 1.807) is 6.20 Å². The lowest BCUT2D eigenvalue weighted by Crippen LogP contribution is -2.74. The van der Waals surface area contributed by atoms with Crippen molar-refractivity contribution in [1.82, 2.24) is 10.3 Å². The van der Waals surface area contributed by atoms with Gasteiger partial charge in [0.1, 0.15) is 5.75 Å². The van der Waals surface area contributed by atoms with Crippen LogP contribution in [0.15, 0.2) is 24.4 Å². The smallest absolute Gasteiger partial charge is 0.233 e. The predicted octanol–water partition coefficient (Wildman–Crippen LogP) is 2.77. The summed E-state index contributed by atoms with van der Waals surface area (Å²) in [6.07, 6.45) is 5.18. The van der Waals surface area contributed by atoms with Gasteiger partial charge in [0.2, 0.25) is 24.0 Å². The summed E-state index contributed by atoms with van der Waals surface area (Å²) in [7, 11) is 0. The summed E-state index contributed by atoms with van der Waals surface area (Å²) in [5, 5.41) is 13.1. The summed E-state index contributed by atoms with van der Waals surface area (Å²) in [5.41, 5.74) is 3.50. The second-order valence-corrected chi connectivity index (χ2v) is 6.26. The van der Waals surface area contributed by atoms with Gasteiger partial charge >= 0.3 is 0 Å². The molecule has 4 N–H and O–H groups in total. The van der Waals surface area contributed by atoms with Crippen molar-refractivity contribution >= 4 is 5.69 Å². The molecule has 0 saturated heterocycles. The standard InChI is InChI=1S/C19H25N3O4/c1-3-4-5-8-20-10-14-9-16(26-15-7-6-13(2)21-11-15)18-19(17(14)22-23)25-12-24-18/h6-7,9,11,20,22-23H,3-5,8,10,12H2,1-2H3/p+1. The van der Waals surface area contributed by atoms with Crippen LogP contribution in [-0.4, -0.2) is 23.5 Å². The number of aryl methyl sites for hydroxylation is 1. The fourth-order valence-electron chi connectivity index (χ4n) is 2.84. The molecule has 0 fully saturated rings. The number of unbranched alkanes of at least 4 members (excludes halogenated alkanes) is 2. The fourth-order valence-corrected chi connectivity index (χ4v) is 2.84. The largest absolute Gasteiger partial charge is 0.452 e. The molecule has 3 rings (SSSR count). The molecule has 0 spiro atoms. The highest BCUT2D eigenvalue weighted by atomic mass is 16.7. The normalized spacial score (nSPS) is 12.4. The van der Waals surface area contributed by atoms with E-state index >= 15 is 0 Å². The Hall–Kier alpha value is -2.35. The summed E-state index contributed by atoms with van der Waals surface area (Å²) in [6, 6.07) is 5.63. The van der Waals surface area contributed by atoms with Crippen molar-refractivity contribution in [2.75, 3.05) is 13.3 Å². The number of pyridine rings is 1. The van der Waals surface area contributed by atoms with Crippen molar-refractivity contribution < 1.29 is 24.9 Å². The average Bonchev–Trinajstić information content (AvgIpc) is 3.13. The predicted molar refractivity (Wildman–Crippen MR) is 96.2 cm³/mol. The highest BCUT2D eigenvalue weighted by Gasteiger charge is 2.29. The second-order valence-electron chi connectivity index (χ2n) is 6.26. The molecule has 1 aliphatic rings. The van der Waals surface area contributed by atoms with Crippen LogP contribution in [0.1, 0.15) is 37.4 Å². The number of quaternary nitrogens is 1. The number of benzene rings is 1. The number of fused-ring (bicyclic) bond motifs is 1. The lowest BCUT2D eigenvalue weighted by molar-refractivity contribution is -0.826. The molecule has 26 heavy (non-hydrogen) atoms. The number of aromatic nitrogens is 1. The minimum absolute atomic E-state index is 0.103. The summed E-state index contributed by atoms with van der Waals surface area (Å²) in [4.78, 5) is 4.25. The molecule has 2 aromatic rings. The number of nitrogens with one attached hydrogen (secondary N) is 1. The molecular weight excluding hydrogens is 334 g/mol. The third-order valence-electron chi connectivity index (χ3n) is 4.25. The first-order valence-electron chi connectivity index (χ1n) is 8.97. The number of ether oxygens (including phenoxy) is 3. The first-order chi connectivity index (χ1) is 12.7. The molecular formula is C19H26N3O4+. The van der Waals surface area contributed by atoms with Gasteiger partial charge in [-0.3, -0.25) is 4.98 Å². The van der Waals surface area contributed by atoms with Crippen LogP contribution in [0, 0.1) is 6.92 Å². The summed E-state index contributed by atoms with van der Waals surface area (Å²) in [6.45, 7) is 5.74. The maximum Gasteiger partial charge on any atom is 0.233 e. The molecule has 1 aromatic carbocycles. The molecule has 1 aromatic heterocycles. The molecule has 0 bridgehead atoms. The van der Waals surface area contributed by atoms with Gasteiger partial charge in [0, 0.05) is 17.8 Å². The maximum atomic E-state index is 9.70. The van der Waals surface area contributed by atoms with E-state index in [0.717, 1.165) is 29.7 Å². The van der Waals surface area contributed by atoms with E-state index in [0.29, 0.717) is 35.2 Å². The van der Waals surface area contributed by atoms with Crippen LogP contribution >= 0.6 is 0 Å². The number of nitrogens with zero attached hydrogens (tertiary/aromatic N) is 1. The van der Waals surface area contributed by atoms with Gasteiger partial charge in [-0.1, -0.05) is 19.8 Å². The fraction of sp³-hybridized carbons (Fsp3) is 0.421. The topological polar surface area (TPSA) is 89.5 Å². The molecule has 0 aliphatic carbocycles.